The number of carbonyl (C=O) groups excluding carboxylic acids is 2. The summed E-state index contributed by atoms with van der Waals surface area (Å²) in [5.74, 6) is -1.33. The highest BCUT2D eigenvalue weighted by molar-refractivity contribution is 8.00. The number of thiazole rings is 1. The maximum absolute atomic E-state index is 13.1. The second-order valence-electron chi connectivity index (χ2n) is 11.1. The van der Waals surface area contributed by atoms with Gasteiger partial charge in [-0.2, -0.15) is 0 Å². The van der Waals surface area contributed by atoms with Gasteiger partial charge in [0.15, 0.2) is 0 Å². The van der Waals surface area contributed by atoms with Gasteiger partial charge in [0.25, 0.3) is 0 Å². The van der Waals surface area contributed by atoms with Gasteiger partial charge >= 0.3 is 5.97 Å². The summed E-state index contributed by atoms with van der Waals surface area (Å²) in [5.41, 5.74) is 0.640. The van der Waals surface area contributed by atoms with Gasteiger partial charge in [0.05, 0.1) is 29.7 Å². The van der Waals surface area contributed by atoms with Crippen molar-refractivity contribution in [3.63, 3.8) is 0 Å². The zero-order valence-corrected chi connectivity index (χ0v) is 22.9. The molecule has 1 aromatic rings. The van der Waals surface area contributed by atoms with Crippen molar-refractivity contribution < 1.29 is 24.5 Å². The summed E-state index contributed by atoms with van der Waals surface area (Å²) in [6.07, 6.45) is 5.07. The fourth-order valence-electron chi connectivity index (χ4n) is 5.96. The lowest BCUT2D eigenvalue weighted by Gasteiger charge is -2.45. The summed E-state index contributed by atoms with van der Waals surface area (Å²) in [6, 6.07) is 0.218. The van der Waals surface area contributed by atoms with Crippen molar-refractivity contribution in [2.75, 3.05) is 6.26 Å². The molecule has 194 valence electrons. The van der Waals surface area contributed by atoms with Crippen molar-refractivity contribution in [3.05, 3.63) is 16.6 Å². The summed E-state index contributed by atoms with van der Waals surface area (Å²) in [6.45, 7) is 7.62. The van der Waals surface area contributed by atoms with E-state index in [0.29, 0.717) is 12.8 Å². The van der Waals surface area contributed by atoms with Crippen molar-refractivity contribution in [2.24, 2.45) is 17.3 Å². The minimum absolute atomic E-state index is 0.0361. The smallest absolute Gasteiger partial charge is 0.309 e. The molecule has 3 fully saturated rings. The topological polar surface area (TPSA) is 119 Å². The monoisotopic (exact) mass is 522 g/mol. The van der Waals surface area contributed by atoms with Gasteiger partial charge in [-0.15, -0.1) is 11.3 Å². The molecule has 35 heavy (non-hydrogen) atoms. The van der Waals surface area contributed by atoms with Crippen LogP contribution in [-0.2, 0) is 14.3 Å². The summed E-state index contributed by atoms with van der Waals surface area (Å²) < 4.78 is 6.92. The predicted octanol–water partition coefficient (Wildman–Crippen LogP) is 3.83. The summed E-state index contributed by atoms with van der Waals surface area (Å²) >= 11 is 3.18. The molecule has 3 aliphatic rings. The number of carbonyl (C=O) groups is 2. The number of hydrogen-bond donors (Lipinski definition) is 3. The molecule has 3 heterocycles. The van der Waals surface area contributed by atoms with Crippen LogP contribution >= 0.6 is 23.1 Å². The molecule has 0 aromatic carbocycles. The Bertz CT molecular complexity index is 996. The van der Waals surface area contributed by atoms with Crippen molar-refractivity contribution in [3.8, 4) is 0 Å². The fourth-order valence-corrected chi connectivity index (χ4v) is 7.19. The number of rotatable bonds is 3. The van der Waals surface area contributed by atoms with Gasteiger partial charge in [0, 0.05) is 29.3 Å². The predicted molar refractivity (Wildman–Crippen MR) is 138 cm³/mol. The van der Waals surface area contributed by atoms with Crippen LogP contribution in [0, 0.1) is 17.3 Å². The average Bonchev–Trinajstić information content (AvgIpc) is 3.21. The number of nitrogens with zero attached hydrogens (tertiary/aromatic N) is 1. The molecule has 0 radical (unpaired) electrons. The van der Waals surface area contributed by atoms with E-state index in [0.717, 1.165) is 34.9 Å². The number of aromatic nitrogens is 1. The first-order chi connectivity index (χ1) is 16.5. The van der Waals surface area contributed by atoms with Gasteiger partial charge in [-0.1, -0.05) is 32.0 Å². The quantitative estimate of drug-likeness (QED) is 0.311. The van der Waals surface area contributed by atoms with Gasteiger partial charge in [-0.3, -0.25) is 9.59 Å². The molecule has 1 saturated carbocycles. The maximum Gasteiger partial charge on any atom is 0.309 e. The van der Waals surface area contributed by atoms with Crippen LogP contribution in [-0.4, -0.2) is 63.1 Å². The summed E-state index contributed by atoms with van der Waals surface area (Å²) in [5, 5.41) is 27.4. The summed E-state index contributed by atoms with van der Waals surface area (Å²) in [7, 11) is 0. The first kappa shape index (κ1) is 26.8. The zero-order chi connectivity index (χ0) is 25.5. The standard InChI is InChI=1S/C26H38N2O5S2/c1-14(9-17-13-35-24(27-17)34-5)18-10-19-26(4,28-19)8-6-7-16-12-25(3,20(29)11-21(30)33-18)23(32)15(2)22(16)31/h9,13,15-16,18-20,22,28-29,31H,6-8,10-12H2,1-5H3/b14-9+/t15-,16-,18+,19+,20+,22-,25-,26-/m1/s1. The lowest BCUT2D eigenvalue weighted by atomic mass is 9.60. The number of aliphatic hydroxyl groups excluding tert-OH is 2. The number of ether oxygens (including phenoxy) is 1. The van der Waals surface area contributed by atoms with Crippen LogP contribution < -0.4 is 5.32 Å². The van der Waals surface area contributed by atoms with Crippen LogP contribution in [0.2, 0.25) is 0 Å². The van der Waals surface area contributed by atoms with Gasteiger partial charge in [-0.25, -0.2) is 4.98 Å². The number of aliphatic hydroxyl groups is 2. The van der Waals surface area contributed by atoms with Gasteiger partial charge in [0.1, 0.15) is 16.2 Å². The number of Topliss-reactive ketones (excluding diaryl/α,β-unsaturated/α-hetero) is 1. The van der Waals surface area contributed by atoms with E-state index >= 15 is 0 Å². The largest absolute Gasteiger partial charge is 0.458 e. The number of nitrogens with one attached hydrogen (secondary N) is 1. The Labute approximate surface area is 216 Å². The lowest BCUT2D eigenvalue weighted by molar-refractivity contribution is -0.161. The normalized spacial score (nSPS) is 41.1. The Hall–Kier alpha value is -1.26. The highest BCUT2D eigenvalue weighted by Crippen LogP contribution is 2.46. The molecule has 2 aliphatic heterocycles. The van der Waals surface area contributed by atoms with E-state index in [4.69, 9.17) is 4.74 Å². The van der Waals surface area contributed by atoms with E-state index in [1.165, 1.54) is 0 Å². The number of hydrogen-bond acceptors (Lipinski definition) is 9. The molecule has 4 rings (SSSR count). The molecule has 0 amide bonds. The Kier molecular flexibility index (Phi) is 7.84. The summed E-state index contributed by atoms with van der Waals surface area (Å²) in [4.78, 5) is 30.7. The molecule has 2 bridgehead atoms. The van der Waals surface area contributed by atoms with Crippen LogP contribution in [0.5, 0.6) is 0 Å². The first-order valence-corrected chi connectivity index (χ1v) is 14.6. The molecule has 9 heteroatoms. The third-order valence-corrected chi connectivity index (χ3v) is 10.4. The second kappa shape index (κ2) is 10.2. The van der Waals surface area contributed by atoms with Crippen LogP contribution in [0.25, 0.3) is 6.08 Å². The number of ketones is 1. The van der Waals surface area contributed by atoms with Gasteiger partial charge in [-0.05, 0) is 56.9 Å². The van der Waals surface area contributed by atoms with E-state index in [1.807, 2.05) is 24.6 Å². The third kappa shape index (κ3) is 5.54. The van der Waals surface area contributed by atoms with Crippen molar-refractivity contribution in [1.29, 1.82) is 0 Å². The number of thioether (sulfide) groups is 1. The molecule has 1 aliphatic carbocycles. The van der Waals surface area contributed by atoms with E-state index in [9.17, 15) is 19.8 Å². The number of esters is 1. The first-order valence-electron chi connectivity index (χ1n) is 12.5. The molecule has 0 spiro atoms. The van der Waals surface area contributed by atoms with Crippen molar-refractivity contribution in [2.45, 2.75) is 100 Å². The Morgan fingerprint density at radius 3 is 2.77 bits per heavy atom. The SMILES string of the molecule is CSc1nc(/C=C(\C)[C@@H]2C[C@@H]3N[C@]3(C)CCC[C@@H]3C[C@@](C)(C(=O)[C@H](C)[C@H]3O)[C@@H](O)CC(=O)O2)cs1. The lowest BCUT2D eigenvalue weighted by Crippen LogP contribution is -2.54. The fraction of sp³-hybridized carbons (Fsp3) is 0.731. The van der Waals surface area contributed by atoms with E-state index in [1.54, 1.807) is 36.9 Å². The minimum Gasteiger partial charge on any atom is -0.458 e. The number of cyclic esters (lactones) is 1. The van der Waals surface area contributed by atoms with E-state index < -0.39 is 35.6 Å². The molecule has 1 aromatic heterocycles. The Balaban J connectivity index is 1.58. The molecular formula is C26H38N2O5S2. The highest BCUT2D eigenvalue weighted by Gasteiger charge is 2.53. The third-order valence-electron chi connectivity index (χ3n) is 8.50. The Morgan fingerprint density at radius 2 is 2.09 bits per heavy atom. The molecule has 8 atom stereocenters. The number of fused-ring (bicyclic) bond motifs is 3. The average molecular weight is 523 g/mol. The van der Waals surface area contributed by atoms with Gasteiger partial charge < -0.3 is 20.3 Å². The Morgan fingerprint density at radius 1 is 1.34 bits per heavy atom. The molecular weight excluding hydrogens is 484 g/mol. The van der Waals surface area contributed by atoms with Crippen LogP contribution in [0.15, 0.2) is 15.3 Å². The molecule has 2 saturated heterocycles. The van der Waals surface area contributed by atoms with Crippen LogP contribution in [0.3, 0.4) is 0 Å². The highest BCUT2D eigenvalue weighted by atomic mass is 32.2. The maximum atomic E-state index is 13.1. The van der Waals surface area contributed by atoms with Crippen LogP contribution in [0.1, 0.15) is 71.9 Å². The van der Waals surface area contributed by atoms with E-state index in [-0.39, 0.29) is 29.7 Å². The van der Waals surface area contributed by atoms with Gasteiger partial charge in [0.2, 0.25) is 0 Å². The zero-order valence-electron chi connectivity index (χ0n) is 21.2. The van der Waals surface area contributed by atoms with E-state index in [2.05, 4.69) is 17.2 Å². The van der Waals surface area contributed by atoms with Crippen molar-refractivity contribution >= 4 is 40.9 Å². The van der Waals surface area contributed by atoms with Crippen molar-refractivity contribution in [1.82, 2.24) is 10.3 Å². The second-order valence-corrected chi connectivity index (χ2v) is 13.0. The minimum atomic E-state index is -1.15. The molecule has 3 N–H and O–H groups in total. The molecule has 0 unspecified atom stereocenters. The van der Waals surface area contributed by atoms with Crippen LogP contribution in [0.4, 0.5) is 0 Å². The molecule has 7 nitrogen and oxygen atoms in total.